The minimum Gasteiger partial charge on any atom is -0.493 e. The van der Waals surface area contributed by atoms with E-state index in [9.17, 15) is 0 Å². The van der Waals surface area contributed by atoms with E-state index in [1.54, 1.807) is 0 Å². The van der Waals surface area contributed by atoms with Crippen molar-refractivity contribution in [2.45, 2.75) is 27.3 Å². The van der Waals surface area contributed by atoms with E-state index in [1.807, 2.05) is 24.3 Å². The van der Waals surface area contributed by atoms with Crippen LogP contribution in [0.5, 0.6) is 5.75 Å². The Hall–Kier alpha value is -2.04. The van der Waals surface area contributed by atoms with Gasteiger partial charge in [-0.1, -0.05) is 32.9 Å². The van der Waals surface area contributed by atoms with E-state index in [2.05, 4.69) is 41.3 Å². The van der Waals surface area contributed by atoms with Crippen LogP contribution in [0, 0.1) is 5.41 Å². The number of nitrogens with one attached hydrogen (secondary N) is 2. The number of aromatic nitrogens is 3. The Morgan fingerprint density at radius 1 is 1.32 bits per heavy atom. The van der Waals surface area contributed by atoms with Gasteiger partial charge in [-0.05, 0) is 23.1 Å². The highest BCUT2D eigenvalue weighted by Gasteiger charge is 2.11. The van der Waals surface area contributed by atoms with Gasteiger partial charge in [-0.2, -0.15) is 5.10 Å². The van der Waals surface area contributed by atoms with Crippen LogP contribution in [0.1, 0.15) is 26.3 Å². The van der Waals surface area contributed by atoms with Crippen LogP contribution in [0.2, 0.25) is 0 Å². The number of ether oxygens (including phenoxy) is 1. The number of hydrogen-bond donors (Lipinski definition) is 2. The van der Waals surface area contributed by atoms with E-state index in [-0.39, 0.29) is 5.41 Å². The standard InChI is InChI=1S/C14H20N4O/c1-14(2,3)9-19-12-6-4-5-11(7-12)8-15-13-16-10-17-18-13/h4-7,10H,8-9H2,1-3H3,(H2,15,16,17,18). The van der Waals surface area contributed by atoms with Gasteiger partial charge in [0.05, 0.1) is 6.61 Å². The summed E-state index contributed by atoms with van der Waals surface area (Å²) in [4.78, 5) is 4.01. The van der Waals surface area contributed by atoms with Crippen LogP contribution in [0.25, 0.3) is 0 Å². The second-order valence-electron chi connectivity index (χ2n) is 5.68. The first-order valence-corrected chi connectivity index (χ1v) is 6.34. The molecule has 0 radical (unpaired) electrons. The van der Waals surface area contributed by atoms with Crippen LogP contribution in [0.3, 0.4) is 0 Å². The van der Waals surface area contributed by atoms with Crippen LogP contribution in [-0.4, -0.2) is 21.8 Å². The third-order valence-corrected chi connectivity index (χ3v) is 2.45. The molecule has 0 saturated carbocycles. The van der Waals surface area contributed by atoms with Crippen molar-refractivity contribution in [2.75, 3.05) is 11.9 Å². The molecule has 1 aromatic heterocycles. The fourth-order valence-corrected chi connectivity index (χ4v) is 1.52. The summed E-state index contributed by atoms with van der Waals surface area (Å²) in [6, 6.07) is 8.06. The van der Waals surface area contributed by atoms with Crippen LogP contribution in [0.15, 0.2) is 30.6 Å². The van der Waals surface area contributed by atoms with Gasteiger partial charge in [0, 0.05) is 6.54 Å². The lowest BCUT2D eigenvalue weighted by Gasteiger charge is -2.19. The normalized spacial score (nSPS) is 11.3. The number of aromatic amines is 1. The van der Waals surface area contributed by atoms with Gasteiger partial charge < -0.3 is 10.1 Å². The predicted molar refractivity (Wildman–Crippen MR) is 75.1 cm³/mol. The molecule has 19 heavy (non-hydrogen) atoms. The molecule has 0 fully saturated rings. The van der Waals surface area contributed by atoms with Gasteiger partial charge in [0.1, 0.15) is 12.1 Å². The molecule has 5 nitrogen and oxygen atoms in total. The van der Waals surface area contributed by atoms with Crippen molar-refractivity contribution < 1.29 is 4.74 Å². The zero-order valence-electron chi connectivity index (χ0n) is 11.6. The van der Waals surface area contributed by atoms with E-state index < -0.39 is 0 Å². The second-order valence-corrected chi connectivity index (χ2v) is 5.68. The van der Waals surface area contributed by atoms with Crippen LogP contribution < -0.4 is 10.1 Å². The molecule has 0 aliphatic carbocycles. The summed E-state index contributed by atoms with van der Waals surface area (Å²) in [7, 11) is 0. The van der Waals surface area contributed by atoms with E-state index in [4.69, 9.17) is 4.74 Å². The van der Waals surface area contributed by atoms with Crippen molar-refractivity contribution in [1.29, 1.82) is 0 Å². The van der Waals surface area contributed by atoms with E-state index in [0.717, 1.165) is 11.3 Å². The van der Waals surface area contributed by atoms with Crippen LogP contribution in [0.4, 0.5) is 5.95 Å². The summed E-state index contributed by atoms with van der Waals surface area (Å²) in [6.07, 6.45) is 1.48. The molecule has 0 amide bonds. The van der Waals surface area contributed by atoms with Gasteiger partial charge in [0.15, 0.2) is 0 Å². The maximum Gasteiger partial charge on any atom is 0.218 e. The van der Waals surface area contributed by atoms with Crippen LogP contribution in [-0.2, 0) is 6.54 Å². The Balaban J connectivity index is 1.91. The smallest absolute Gasteiger partial charge is 0.218 e. The summed E-state index contributed by atoms with van der Waals surface area (Å²) >= 11 is 0. The van der Waals surface area contributed by atoms with Crippen molar-refractivity contribution in [3.63, 3.8) is 0 Å². The van der Waals surface area contributed by atoms with Gasteiger partial charge in [0.2, 0.25) is 5.95 Å². The molecule has 0 aliphatic rings. The molecule has 2 N–H and O–H groups in total. The second kappa shape index (κ2) is 5.73. The Morgan fingerprint density at radius 2 is 2.16 bits per heavy atom. The molecular weight excluding hydrogens is 240 g/mol. The summed E-state index contributed by atoms with van der Waals surface area (Å²) in [5.74, 6) is 1.56. The van der Waals surface area contributed by atoms with Gasteiger partial charge in [-0.15, -0.1) is 0 Å². The minimum atomic E-state index is 0.161. The summed E-state index contributed by atoms with van der Waals surface area (Å²) in [5.41, 5.74) is 1.30. The molecular formula is C14H20N4O. The average molecular weight is 260 g/mol. The lowest BCUT2D eigenvalue weighted by molar-refractivity contribution is 0.198. The number of rotatable bonds is 5. The molecule has 0 unspecified atom stereocenters. The number of benzene rings is 1. The van der Waals surface area contributed by atoms with Crippen LogP contribution >= 0.6 is 0 Å². The van der Waals surface area contributed by atoms with Crippen molar-refractivity contribution in [1.82, 2.24) is 15.2 Å². The lowest BCUT2D eigenvalue weighted by Crippen LogP contribution is -2.16. The average Bonchev–Trinajstić information content (AvgIpc) is 2.87. The first-order chi connectivity index (χ1) is 9.03. The van der Waals surface area contributed by atoms with E-state index in [1.165, 1.54) is 6.33 Å². The predicted octanol–water partition coefficient (Wildman–Crippen LogP) is 2.84. The minimum absolute atomic E-state index is 0.161. The Kier molecular flexibility index (Phi) is 4.04. The molecule has 1 heterocycles. The highest BCUT2D eigenvalue weighted by Crippen LogP contribution is 2.19. The number of hydrogen-bond acceptors (Lipinski definition) is 4. The number of nitrogens with zero attached hydrogens (tertiary/aromatic N) is 2. The van der Waals surface area contributed by atoms with Gasteiger partial charge in [-0.3, -0.25) is 0 Å². The van der Waals surface area contributed by atoms with Gasteiger partial charge in [0.25, 0.3) is 0 Å². The Morgan fingerprint density at radius 3 is 2.84 bits per heavy atom. The molecule has 2 aromatic rings. The third kappa shape index (κ3) is 4.62. The monoisotopic (exact) mass is 260 g/mol. The van der Waals surface area contributed by atoms with E-state index >= 15 is 0 Å². The number of anilines is 1. The zero-order chi connectivity index (χ0) is 13.7. The van der Waals surface area contributed by atoms with Gasteiger partial charge in [-0.25, -0.2) is 10.1 Å². The molecule has 102 valence electrons. The molecule has 0 aliphatic heterocycles. The first kappa shape index (κ1) is 13.4. The molecule has 5 heteroatoms. The lowest BCUT2D eigenvalue weighted by atomic mass is 9.99. The topological polar surface area (TPSA) is 62.8 Å². The van der Waals surface area contributed by atoms with Crippen molar-refractivity contribution in [3.8, 4) is 5.75 Å². The molecule has 2 rings (SSSR count). The zero-order valence-corrected chi connectivity index (χ0v) is 11.6. The molecule has 1 aromatic carbocycles. The fraction of sp³-hybridized carbons (Fsp3) is 0.429. The summed E-state index contributed by atoms with van der Waals surface area (Å²) < 4.78 is 5.78. The summed E-state index contributed by atoms with van der Waals surface area (Å²) in [5, 5.41) is 9.70. The van der Waals surface area contributed by atoms with Crippen molar-refractivity contribution in [3.05, 3.63) is 36.2 Å². The molecule has 0 atom stereocenters. The Labute approximate surface area is 113 Å². The summed E-state index contributed by atoms with van der Waals surface area (Å²) in [6.45, 7) is 7.85. The largest absolute Gasteiger partial charge is 0.493 e. The molecule has 0 saturated heterocycles. The number of H-pyrrole nitrogens is 1. The highest BCUT2D eigenvalue weighted by atomic mass is 16.5. The quantitative estimate of drug-likeness (QED) is 0.867. The maximum atomic E-state index is 5.78. The highest BCUT2D eigenvalue weighted by molar-refractivity contribution is 5.31. The van der Waals surface area contributed by atoms with Crippen molar-refractivity contribution in [2.24, 2.45) is 5.41 Å². The Bertz CT molecular complexity index is 502. The SMILES string of the molecule is CC(C)(C)COc1cccc(CNc2ncn[nH]2)c1. The first-order valence-electron chi connectivity index (χ1n) is 6.34. The van der Waals surface area contributed by atoms with Crippen molar-refractivity contribution >= 4 is 5.95 Å². The fourth-order valence-electron chi connectivity index (χ4n) is 1.52. The maximum absolute atomic E-state index is 5.78. The molecule has 0 bridgehead atoms. The van der Waals surface area contributed by atoms with E-state index in [0.29, 0.717) is 19.1 Å². The third-order valence-electron chi connectivity index (χ3n) is 2.45. The van der Waals surface area contributed by atoms with Gasteiger partial charge >= 0.3 is 0 Å². The molecule has 0 spiro atoms.